The Balaban J connectivity index is 1.96. The van der Waals surface area contributed by atoms with Crippen LogP contribution in [-0.4, -0.2) is 11.7 Å². The maximum absolute atomic E-state index is 10.9. The van der Waals surface area contributed by atoms with Crippen LogP contribution in [0.1, 0.15) is 21.5 Å². The van der Waals surface area contributed by atoms with Crippen LogP contribution >= 0.6 is 11.6 Å². The molecule has 0 heterocycles. The van der Waals surface area contributed by atoms with E-state index >= 15 is 0 Å². The van der Waals surface area contributed by atoms with Crippen LogP contribution in [0.3, 0.4) is 0 Å². The zero-order chi connectivity index (χ0) is 15.2. The molecule has 0 aliphatic carbocycles. The highest BCUT2D eigenvalue weighted by molar-refractivity contribution is 6.31. The minimum absolute atomic E-state index is 0.236. The van der Waals surface area contributed by atoms with Gasteiger partial charge in [-0.3, -0.25) is 4.79 Å². The number of amides is 1. The fourth-order valence-electron chi connectivity index (χ4n) is 1.64. The summed E-state index contributed by atoms with van der Waals surface area (Å²) >= 11 is 5.87. The highest BCUT2D eigenvalue weighted by Crippen LogP contribution is 2.11. The molecular formula is C15H14ClN3O2. The Morgan fingerprint density at radius 3 is 2.43 bits per heavy atom. The Labute approximate surface area is 127 Å². The monoisotopic (exact) mass is 303 g/mol. The summed E-state index contributed by atoms with van der Waals surface area (Å²) in [5.41, 5.74) is 12.9. The normalized spacial score (nSPS) is 11.2. The molecule has 0 saturated carbocycles. The smallest absolute Gasteiger partial charge is 0.248 e. The van der Waals surface area contributed by atoms with E-state index in [9.17, 15) is 4.79 Å². The third-order valence-electron chi connectivity index (χ3n) is 2.75. The summed E-state index contributed by atoms with van der Waals surface area (Å²) in [7, 11) is 0. The van der Waals surface area contributed by atoms with Gasteiger partial charge in [0.2, 0.25) is 5.91 Å². The zero-order valence-corrected chi connectivity index (χ0v) is 11.9. The molecule has 2 rings (SSSR count). The van der Waals surface area contributed by atoms with Gasteiger partial charge in [0.25, 0.3) is 0 Å². The lowest BCUT2D eigenvalue weighted by Crippen LogP contribution is -2.13. The van der Waals surface area contributed by atoms with Crippen molar-refractivity contribution in [1.82, 2.24) is 0 Å². The molecule has 4 N–H and O–H groups in total. The summed E-state index contributed by atoms with van der Waals surface area (Å²) in [5, 5.41) is 4.41. The van der Waals surface area contributed by atoms with Gasteiger partial charge in [-0.15, -0.1) is 0 Å². The maximum atomic E-state index is 10.9. The first-order chi connectivity index (χ1) is 10.1. The van der Waals surface area contributed by atoms with E-state index in [2.05, 4.69) is 5.16 Å². The van der Waals surface area contributed by atoms with Crippen molar-refractivity contribution in [3.8, 4) is 0 Å². The molecule has 2 aromatic carbocycles. The lowest BCUT2D eigenvalue weighted by Gasteiger charge is -2.03. The molecule has 5 nitrogen and oxygen atoms in total. The number of carbonyl (C=O) groups is 1. The van der Waals surface area contributed by atoms with Gasteiger partial charge in [-0.05, 0) is 29.8 Å². The van der Waals surface area contributed by atoms with E-state index < -0.39 is 5.91 Å². The molecule has 0 aliphatic heterocycles. The van der Waals surface area contributed by atoms with Crippen molar-refractivity contribution in [1.29, 1.82) is 0 Å². The van der Waals surface area contributed by atoms with Gasteiger partial charge in [-0.1, -0.05) is 41.0 Å². The van der Waals surface area contributed by atoms with Crippen LogP contribution in [-0.2, 0) is 11.4 Å². The predicted molar refractivity (Wildman–Crippen MR) is 81.9 cm³/mol. The van der Waals surface area contributed by atoms with Crippen LogP contribution < -0.4 is 11.5 Å². The second-order valence-corrected chi connectivity index (χ2v) is 4.76. The molecule has 0 bridgehead atoms. The Morgan fingerprint density at radius 2 is 1.81 bits per heavy atom. The number of primary amides is 1. The number of carbonyl (C=O) groups excluding carboxylic acids is 1. The third kappa shape index (κ3) is 4.22. The van der Waals surface area contributed by atoms with E-state index in [1.54, 1.807) is 48.5 Å². The molecular weight excluding hydrogens is 290 g/mol. The van der Waals surface area contributed by atoms with E-state index in [4.69, 9.17) is 27.9 Å². The van der Waals surface area contributed by atoms with Crippen molar-refractivity contribution in [2.45, 2.75) is 6.61 Å². The van der Waals surface area contributed by atoms with E-state index in [0.29, 0.717) is 16.1 Å². The molecule has 21 heavy (non-hydrogen) atoms. The molecule has 2 aromatic rings. The summed E-state index contributed by atoms with van der Waals surface area (Å²) in [4.78, 5) is 16.1. The van der Waals surface area contributed by atoms with Crippen LogP contribution in [0.2, 0.25) is 5.02 Å². The highest BCUT2D eigenvalue weighted by atomic mass is 35.5. The predicted octanol–water partition coefficient (Wildman–Crippen LogP) is 2.28. The van der Waals surface area contributed by atoms with Crippen LogP contribution in [0.25, 0.3) is 0 Å². The average Bonchev–Trinajstić information content (AvgIpc) is 2.47. The van der Waals surface area contributed by atoms with E-state index in [1.807, 2.05) is 0 Å². The van der Waals surface area contributed by atoms with Gasteiger partial charge in [0, 0.05) is 16.1 Å². The molecule has 0 fully saturated rings. The Kier molecular flexibility index (Phi) is 4.79. The summed E-state index contributed by atoms with van der Waals surface area (Å²) in [6.07, 6.45) is 0. The minimum Gasteiger partial charge on any atom is -0.389 e. The summed E-state index contributed by atoms with van der Waals surface area (Å²) < 4.78 is 0. The van der Waals surface area contributed by atoms with Gasteiger partial charge < -0.3 is 16.3 Å². The van der Waals surface area contributed by atoms with Crippen molar-refractivity contribution in [2.75, 3.05) is 0 Å². The van der Waals surface area contributed by atoms with Gasteiger partial charge in [0.1, 0.15) is 6.61 Å². The number of hydrogen-bond acceptors (Lipinski definition) is 3. The van der Waals surface area contributed by atoms with Gasteiger partial charge in [0.05, 0.1) is 0 Å². The summed E-state index contributed by atoms with van der Waals surface area (Å²) in [6.45, 7) is 0.236. The molecule has 6 heteroatoms. The first kappa shape index (κ1) is 14.9. The number of rotatable bonds is 5. The van der Waals surface area contributed by atoms with Gasteiger partial charge in [-0.25, -0.2) is 0 Å². The summed E-state index contributed by atoms with van der Waals surface area (Å²) in [5.74, 6) is -0.225. The molecule has 0 saturated heterocycles. The second kappa shape index (κ2) is 6.76. The molecule has 0 aromatic heterocycles. The fraction of sp³-hybridized carbons (Fsp3) is 0.0667. The average molecular weight is 304 g/mol. The number of hydrogen-bond donors (Lipinski definition) is 2. The zero-order valence-electron chi connectivity index (χ0n) is 11.1. The van der Waals surface area contributed by atoms with E-state index in [-0.39, 0.29) is 12.4 Å². The SMILES string of the molecule is NC(=O)c1ccc(CO/N=C(\N)c2cccc(Cl)c2)cc1. The Hall–Kier alpha value is -2.53. The van der Waals surface area contributed by atoms with Crippen molar-refractivity contribution in [3.05, 3.63) is 70.2 Å². The third-order valence-corrected chi connectivity index (χ3v) is 2.99. The fourth-order valence-corrected chi connectivity index (χ4v) is 1.83. The number of nitrogens with two attached hydrogens (primary N) is 2. The first-order valence-corrected chi connectivity index (χ1v) is 6.54. The number of oxime groups is 1. The number of amidine groups is 1. The van der Waals surface area contributed by atoms with Gasteiger partial charge in [-0.2, -0.15) is 0 Å². The van der Waals surface area contributed by atoms with Crippen molar-refractivity contribution >= 4 is 23.3 Å². The number of nitrogens with zero attached hydrogens (tertiary/aromatic N) is 1. The van der Waals surface area contributed by atoms with Crippen molar-refractivity contribution < 1.29 is 9.63 Å². The highest BCUT2D eigenvalue weighted by Gasteiger charge is 2.02. The van der Waals surface area contributed by atoms with Crippen LogP contribution in [0.4, 0.5) is 0 Å². The van der Waals surface area contributed by atoms with Crippen LogP contribution in [0.15, 0.2) is 53.7 Å². The van der Waals surface area contributed by atoms with Crippen LogP contribution in [0.5, 0.6) is 0 Å². The molecule has 108 valence electrons. The Morgan fingerprint density at radius 1 is 1.10 bits per heavy atom. The lowest BCUT2D eigenvalue weighted by molar-refractivity contribution is 0.1000. The second-order valence-electron chi connectivity index (χ2n) is 4.32. The van der Waals surface area contributed by atoms with Crippen molar-refractivity contribution in [2.24, 2.45) is 16.6 Å². The van der Waals surface area contributed by atoms with E-state index in [0.717, 1.165) is 5.56 Å². The lowest BCUT2D eigenvalue weighted by atomic mass is 10.1. The van der Waals surface area contributed by atoms with Crippen LogP contribution in [0, 0.1) is 0 Å². The first-order valence-electron chi connectivity index (χ1n) is 6.16. The molecule has 0 unspecified atom stereocenters. The number of halogens is 1. The van der Waals surface area contributed by atoms with E-state index in [1.165, 1.54) is 0 Å². The summed E-state index contributed by atoms with van der Waals surface area (Å²) in [6, 6.07) is 13.8. The molecule has 0 aliphatic rings. The molecule has 1 amide bonds. The maximum Gasteiger partial charge on any atom is 0.248 e. The molecule has 0 radical (unpaired) electrons. The molecule has 0 spiro atoms. The van der Waals surface area contributed by atoms with Gasteiger partial charge in [0.15, 0.2) is 5.84 Å². The number of benzene rings is 2. The molecule has 0 atom stereocenters. The standard InChI is InChI=1S/C15H14ClN3O2/c16-13-3-1-2-12(8-13)14(17)19-21-9-10-4-6-11(7-5-10)15(18)20/h1-8H,9H2,(H2,17,19)(H2,18,20). The topological polar surface area (TPSA) is 90.7 Å². The van der Waals surface area contributed by atoms with Crippen molar-refractivity contribution in [3.63, 3.8) is 0 Å². The quantitative estimate of drug-likeness (QED) is 0.504. The minimum atomic E-state index is -0.467. The Bertz CT molecular complexity index is 669. The van der Waals surface area contributed by atoms with Gasteiger partial charge >= 0.3 is 0 Å². The largest absolute Gasteiger partial charge is 0.389 e.